The summed E-state index contributed by atoms with van der Waals surface area (Å²) in [6.07, 6.45) is 1.77. The van der Waals surface area contributed by atoms with Gasteiger partial charge in [-0.25, -0.2) is 4.79 Å². The third kappa shape index (κ3) is 3.52. The molecule has 0 saturated carbocycles. The maximum absolute atomic E-state index is 11.9. The van der Waals surface area contributed by atoms with E-state index in [0.717, 1.165) is 16.8 Å². The standard InChI is InChI=1S/C19H19N3O2/c1-14(21-24-19(23)17-6-4-3-5-7-17)15-8-10-16(11-9-15)18-12-13-20-22(18)2/h3-14,21H,1-2H3/t14-/m0/s1. The lowest BCUT2D eigenvalue weighted by Crippen LogP contribution is -2.23. The predicted octanol–water partition coefficient (Wildman–Crippen LogP) is 3.51. The van der Waals surface area contributed by atoms with Gasteiger partial charge in [0.15, 0.2) is 0 Å². The van der Waals surface area contributed by atoms with E-state index in [4.69, 9.17) is 4.84 Å². The molecule has 0 aliphatic rings. The second-order valence-corrected chi connectivity index (χ2v) is 5.56. The Morgan fingerprint density at radius 3 is 2.42 bits per heavy atom. The Morgan fingerprint density at radius 1 is 1.08 bits per heavy atom. The van der Waals surface area contributed by atoms with Crippen LogP contribution in [0.15, 0.2) is 66.9 Å². The van der Waals surface area contributed by atoms with Crippen LogP contribution in [-0.4, -0.2) is 15.7 Å². The fourth-order valence-corrected chi connectivity index (χ4v) is 2.44. The van der Waals surface area contributed by atoms with Crippen molar-refractivity contribution in [2.45, 2.75) is 13.0 Å². The first kappa shape index (κ1) is 16.0. The van der Waals surface area contributed by atoms with Crippen LogP contribution in [0.4, 0.5) is 0 Å². The van der Waals surface area contributed by atoms with Crippen LogP contribution in [0.5, 0.6) is 0 Å². The third-order valence-corrected chi connectivity index (χ3v) is 3.87. The minimum Gasteiger partial charge on any atom is -0.366 e. The van der Waals surface area contributed by atoms with Crippen molar-refractivity contribution in [3.05, 3.63) is 78.0 Å². The molecule has 2 aromatic carbocycles. The lowest BCUT2D eigenvalue weighted by Gasteiger charge is -2.14. The number of aryl methyl sites for hydroxylation is 1. The normalized spacial score (nSPS) is 11.9. The SMILES string of the molecule is C[C@H](NOC(=O)c1ccccc1)c1ccc(-c2ccnn2C)cc1. The van der Waals surface area contributed by atoms with Gasteiger partial charge in [-0.05, 0) is 36.2 Å². The van der Waals surface area contributed by atoms with E-state index in [9.17, 15) is 4.79 Å². The molecule has 1 aromatic heterocycles. The first-order valence-electron chi connectivity index (χ1n) is 7.75. The molecule has 122 valence electrons. The van der Waals surface area contributed by atoms with E-state index in [1.54, 1.807) is 30.5 Å². The van der Waals surface area contributed by atoms with Crippen molar-refractivity contribution in [2.75, 3.05) is 0 Å². The summed E-state index contributed by atoms with van der Waals surface area (Å²) in [5, 5.41) is 4.18. The van der Waals surface area contributed by atoms with Gasteiger partial charge >= 0.3 is 5.97 Å². The van der Waals surface area contributed by atoms with Crippen LogP contribution in [-0.2, 0) is 11.9 Å². The number of carbonyl (C=O) groups excluding carboxylic acids is 1. The fraction of sp³-hybridized carbons (Fsp3) is 0.158. The van der Waals surface area contributed by atoms with E-state index >= 15 is 0 Å². The molecule has 0 bridgehead atoms. The maximum atomic E-state index is 11.9. The first-order valence-corrected chi connectivity index (χ1v) is 7.75. The van der Waals surface area contributed by atoms with Crippen molar-refractivity contribution in [2.24, 2.45) is 7.05 Å². The Balaban J connectivity index is 1.62. The molecule has 1 atom stereocenters. The van der Waals surface area contributed by atoms with Gasteiger partial charge in [-0.3, -0.25) is 4.68 Å². The van der Waals surface area contributed by atoms with Crippen LogP contribution < -0.4 is 5.48 Å². The highest BCUT2D eigenvalue weighted by Gasteiger charge is 2.11. The molecular weight excluding hydrogens is 302 g/mol. The number of carbonyl (C=O) groups is 1. The van der Waals surface area contributed by atoms with E-state index in [1.807, 2.05) is 55.1 Å². The van der Waals surface area contributed by atoms with E-state index in [-0.39, 0.29) is 6.04 Å². The van der Waals surface area contributed by atoms with Gasteiger partial charge in [0, 0.05) is 13.2 Å². The summed E-state index contributed by atoms with van der Waals surface area (Å²) in [7, 11) is 1.91. The Kier molecular flexibility index (Phi) is 4.72. The van der Waals surface area contributed by atoms with Crippen molar-refractivity contribution in [1.82, 2.24) is 15.3 Å². The molecule has 3 rings (SSSR count). The van der Waals surface area contributed by atoms with Crippen molar-refractivity contribution < 1.29 is 9.63 Å². The molecule has 1 N–H and O–H groups in total. The van der Waals surface area contributed by atoms with Crippen molar-refractivity contribution in [3.8, 4) is 11.3 Å². The van der Waals surface area contributed by atoms with Gasteiger partial charge in [-0.15, -0.1) is 5.48 Å². The Labute approximate surface area is 140 Å². The molecule has 0 spiro atoms. The lowest BCUT2D eigenvalue weighted by molar-refractivity contribution is 0.0169. The fourth-order valence-electron chi connectivity index (χ4n) is 2.44. The predicted molar refractivity (Wildman–Crippen MR) is 92.1 cm³/mol. The highest BCUT2D eigenvalue weighted by atomic mass is 16.7. The molecule has 5 heteroatoms. The maximum Gasteiger partial charge on any atom is 0.356 e. The van der Waals surface area contributed by atoms with Crippen molar-refractivity contribution in [1.29, 1.82) is 0 Å². The highest BCUT2D eigenvalue weighted by Crippen LogP contribution is 2.21. The van der Waals surface area contributed by atoms with Gasteiger partial charge in [-0.2, -0.15) is 5.10 Å². The smallest absolute Gasteiger partial charge is 0.356 e. The summed E-state index contributed by atoms with van der Waals surface area (Å²) < 4.78 is 1.83. The zero-order valence-electron chi connectivity index (χ0n) is 13.6. The average Bonchev–Trinajstić information content (AvgIpc) is 3.06. The number of rotatable bonds is 5. The molecule has 0 aliphatic carbocycles. The van der Waals surface area contributed by atoms with Crippen molar-refractivity contribution in [3.63, 3.8) is 0 Å². The molecule has 0 saturated heterocycles. The van der Waals surface area contributed by atoms with Gasteiger partial charge in [0.25, 0.3) is 0 Å². The summed E-state index contributed by atoms with van der Waals surface area (Å²) in [6, 6.07) is 18.8. The van der Waals surface area contributed by atoms with E-state index < -0.39 is 5.97 Å². The van der Waals surface area contributed by atoms with Crippen LogP contribution in [0, 0.1) is 0 Å². The highest BCUT2D eigenvalue weighted by molar-refractivity contribution is 5.89. The van der Waals surface area contributed by atoms with Crippen LogP contribution in [0.1, 0.15) is 28.9 Å². The van der Waals surface area contributed by atoms with Gasteiger partial charge in [0.05, 0.1) is 17.3 Å². The Hall–Kier alpha value is -2.92. The number of hydrogen-bond acceptors (Lipinski definition) is 4. The minimum atomic E-state index is -0.394. The van der Waals surface area contributed by atoms with Crippen LogP contribution in [0.25, 0.3) is 11.3 Å². The summed E-state index contributed by atoms with van der Waals surface area (Å²) in [5.74, 6) is -0.394. The quantitative estimate of drug-likeness (QED) is 0.731. The summed E-state index contributed by atoms with van der Waals surface area (Å²) in [4.78, 5) is 17.1. The van der Waals surface area contributed by atoms with E-state index in [0.29, 0.717) is 5.56 Å². The number of hydrogen-bond donors (Lipinski definition) is 1. The zero-order chi connectivity index (χ0) is 16.9. The van der Waals surface area contributed by atoms with Gasteiger partial charge in [0.2, 0.25) is 0 Å². The summed E-state index contributed by atoms with van der Waals surface area (Å²) in [6.45, 7) is 1.94. The van der Waals surface area contributed by atoms with Crippen LogP contribution in [0.3, 0.4) is 0 Å². The molecule has 0 unspecified atom stereocenters. The Morgan fingerprint density at radius 2 is 1.79 bits per heavy atom. The van der Waals surface area contributed by atoms with Gasteiger partial charge in [0.1, 0.15) is 0 Å². The molecular formula is C19H19N3O2. The number of aromatic nitrogens is 2. The molecule has 24 heavy (non-hydrogen) atoms. The van der Waals surface area contributed by atoms with Gasteiger partial charge < -0.3 is 4.84 Å². The molecule has 1 heterocycles. The topological polar surface area (TPSA) is 56.1 Å². The average molecular weight is 321 g/mol. The minimum absolute atomic E-state index is 0.113. The van der Waals surface area contributed by atoms with Gasteiger partial charge in [-0.1, -0.05) is 42.5 Å². The third-order valence-electron chi connectivity index (χ3n) is 3.87. The summed E-state index contributed by atoms with van der Waals surface area (Å²) >= 11 is 0. The van der Waals surface area contributed by atoms with Crippen LogP contribution >= 0.6 is 0 Å². The number of hydroxylamine groups is 1. The molecule has 0 radical (unpaired) electrons. The number of benzene rings is 2. The summed E-state index contributed by atoms with van der Waals surface area (Å²) in [5.41, 5.74) is 6.49. The second kappa shape index (κ2) is 7.10. The largest absolute Gasteiger partial charge is 0.366 e. The lowest BCUT2D eigenvalue weighted by atomic mass is 10.1. The number of nitrogens with one attached hydrogen (secondary N) is 1. The molecule has 0 aliphatic heterocycles. The molecule has 0 fully saturated rings. The van der Waals surface area contributed by atoms with E-state index in [2.05, 4.69) is 10.6 Å². The monoisotopic (exact) mass is 321 g/mol. The first-order chi connectivity index (χ1) is 11.6. The second-order valence-electron chi connectivity index (χ2n) is 5.56. The Bertz CT molecular complexity index is 810. The van der Waals surface area contributed by atoms with E-state index in [1.165, 1.54) is 0 Å². The number of nitrogens with zero attached hydrogens (tertiary/aromatic N) is 2. The van der Waals surface area contributed by atoms with Crippen molar-refractivity contribution >= 4 is 5.97 Å². The zero-order valence-corrected chi connectivity index (χ0v) is 13.6. The van der Waals surface area contributed by atoms with Crippen LogP contribution in [0.2, 0.25) is 0 Å². The molecule has 5 nitrogen and oxygen atoms in total. The molecule has 0 amide bonds. The molecule has 3 aromatic rings.